The number of aromatic nitrogens is 1. The first-order chi connectivity index (χ1) is 9.53. The monoisotopic (exact) mass is 307 g/mol. The minimum atomic E-state index is -3.69. The average Bonchev–Trinajstić information content (AvgIpc) is 2.46. The van der Waals surface area contributed by atoms with Crippen LogP contribution in [-0.2, 0) is 16.6 Å². The van der Waals surface area contributed by atoms with Gasteiger partial charge in [-0.1, -0.05) is 17.7 Å². The lowest BCUT2D eigenvalue weighted by molar-refractivity contribution is 0.580. The van der Waals surface area contributed by atoms with E-state index in [1.807, 2.05) is 6.07 Å². The predicted octanol–water partition coefficient (Wildman–Crippen LogP) is 2.09. The quantitative estimate of drug-likeness (QED) is 0.937. The van der Waals surface area contributed by atoms with E-state index >= 15 is 0 Å². The molecule has 0 aliphatic rings. The molecule has 0 atom stereocenters. The fourth-order valence-corrected chi connectivity index (χ4v) is 2.82. The third-order valence-electron chi connectivity index (χ3n) is 2.54. The van der Waals surface area contributed by atoms with Crippen molar-refractivity contribution >= 4 is 21.6 Å². The van der Waals surface area contributed by atoms with Crippen LogP contribution in [0.5, 0.6) is 0 Å². The van der Waals surface area contributed by atoms with Crippen LogP contribution in [0.15, 0.2) is 47.5 Å². The Hall–Kier alpha value is -1.94. The number of sulfonamides is 1. The standard InChI is InChI=1S/C13H10ClN3O2S/c14-13-7-12(5-4-10(13)8-15)20(18,19)17-9-11-3-1-2-6-16-11/h1-7,17H,9H2. The van der Waals surface area contributed by atoms with Gasteiger partial charge in [0.15, 0.2) is 0 Å². The van der Waals surface area contributed by atoms with E-state index in [9.17, 15) is 8.42 Å². The lowest BCUT2D eigenvalue weighted by Crippen LogP contribution is -2.23. The summed E-state index contributed by atoms with van der Waals surface area (Å²) in [6.07, 6.45) is 1.59. The van der Waals surface area contributed by atoms with Crippen molar-refractivity contribution in [2.75, 3.05) is 0 Å². The molecule has 0 aliphatic carbocycles. The zero-order valence-electron chi connectivity index (χ0n) is 10.2. The highest BCUT2D eigenvalue weighted by Gasteiger charge is 2.15. The number of pyridine rings is 1. The van der Waals surface area contributed by atoms with Gasteiger partial charge in [-0.2, -0.15) is 5.26 Å². The van der Waals surface area contributed by atoms with Crippen LogP contribution in [0.25, 0.3) is 0 Å². The van der Waals surface area contributed by atoms with E-state index in [1.54, 1.807) is 24.4 Å². The van der Waals surface area contributed by atoms with Gasteiger partial charge in [-0.15, -0.1) is 0 Å². The lowest BCUT2D eigenvalue weighted by atomic mass is 10.2. The second-order valence-electron chi connectivity index (χ2n) is 3.90. The molecule has 1 aromatic heterocycles. The Morgan fingerprint density at radius 1 is 1.30 bits per heavy atom. The summed E-state index contributed by atoms with van der Waals surface area (Å²) < 4.78 is 26.6. The molecule has 1 aromatic carbocycles. The number of nitriles is 1. The number of hydrogen-bond donors (Lipinski definition) is 1. The molecule has 7 heteroatoms. The van der Waals surface area contributed by atoms with Crippen molar-refractivity contribution < 1.29 is 8.42 Å². The molecule has 0 amide bonds. The maximum Gasteiger partial charge on any atom is 0.240 e. The summed E-state index contributed by atoms with van der Waals surface area (Å²) in [6.45, 7) is 0.0841. The summed E-state index contributed by atoms with van der Waals surface area (Å²) in [6, 6.07) is 11.1. The Bertz CT molecular complexity index is 755. The van der Waals surface area contributed by atoms with Crippen LogP contribution in [0.3, 0.4) is 0 Å². The molecule has 102 valence electrons. The summed E-state index contributed by atoms with van der Waals surface area (Å²) in [5, 5.41) is 8.86. The average molecular weight is 308 g/mol. The second kappa shape index (κ2) is 6.01. The maximum absolute atomic E-state index is 12.1. The van der Waals surface area contributed by atoms with Gasteiger partial charge in [0.25, 0.3) is 0 Å². The first-order valence-electron chi connectivity index (χ1n) is 5.62. The van der Waals surface area contributed by atoms with E-state index in [0.29, 0.717) is 5.69 Å². The molecule has 0 spiro atoms. The van der Waals surface area contributed by atoms with E-state index in [-0.39, 0.29) is 22.0 Å². The molecule has 2 rings (SSSR count). The van der Waals surface area contributed by atoms with Crippen LogP contribution in [0.4, 0.5) is 0 Å². The van der Waals surface area contributed by atoms with Crippen molar-refractivity contribution in [2.24, 2.45) is 0 Å². The van der Waals surface area contributed by atoms with Crippen molar-refractivity contribution in [3.63, 3.8) is 0 Å². The first kappa shape index (κ1) is 14.5. The molecule has 1 heterocycles. The SMILES string of the molecule is N#Cc1ccc(S(=O)(=O)NCc2ccccn2)cc1Cl. The number of benzene rings is 1. The van der Waals surface area contributed by atoms with Crippen molar-refractivity contribution in [1.82, 2.24) is 9.71 Å². The van der Waals surface area contributed by atoms with E-state index in [0.717, 1.165) is 0 Å². The van der Waals surface area contributed by atoms with Gasteiger partial charge < -0.3 is 0 Å². The van der Waals surface area contributed by atoms with E-state index in [1.165, 1.54) is 18.2 Å². The minimum absolute atomic E-state index is 0.0115. The zero-order chi connectivity index (χ0) is 14.6. The highest BCUT2D eigenvalue weighted by Crippen LogP contribution is 2.20. The van der Waals surface area contributed by atoms with Crippen molar-refractivity contribution in [3.05, 3.63) is 58.9 Å². The zero-order valence-corrected chi connectivity index (χ0v) is 11.8. The molecule has 20 heavy (non-hydrogen) atoms. The largest absolute Gasteiger partial charge is 0.260 e. The van der Waals surface area contributed by atoms with Gasteiger partial charge in [0.05, 0.1) is 27.7 Å². The Balaban J connectivity index is 2.19. The Labute approximate surface area is 121 Å². The Morgan fingerprint density at radius 2 is 2.10 bits per heavy atom. The molecule has 0 radical (unpaired) electrons. The van der Waals surface area contributed by atoms with Crippen LogP contribution in [0.1, 0.15) is 11.3 Å². The summed E-state index contributed by atoms with van der Waals surface area (Å²) in [4.78, 5) is 4.04. The molecule has 1 N–H and O–H groups in total. The van der Waals surface area contributed by atoms with Gasteiger partial charge in [-0.3, -0.25) is 4.98 Å². The van der Waals surface area contributed by atoms with E-state index < -0.39 is 10.0 Å². The summed E-state index contributed by atoms with van der Waals surface area (Å²) in [7, 11) is -3.69. The number of hydrogen-bond acceptors (Lipinski definition) is 4. The van der Waals surface area contributed by atoms with Gasteiger partial charge in [-0.25, -0.2) is 13.1 Å². The number of nitrogens with zero attached hydrogens (tertiary/aromatic N) is 2. The highest BCUT2D eigenvalue weighted by atomic mass is 35.5. The van der Waals surface area contributed by atoms with Crippen molar-refractivity contribution in [2.45, 2.75) is 11.4 Å². The molecular formula is C13H10ClN3O2S. The molecular weight excluding hydrogens is 298 g/mol. The predicted molar refractivity (Wildman–Crippen MR) is 74.4 cm³/mol. The van der Waals surface area contributed by atoms with Crippen LogP contribution in [0, 0.1) is 11.3 Å². The van der Waals surface area contributed by atoms with E-state index in [4.69, 9.17) is 16.9 Å². The van der Waals surface area contributed by atoms with Crippen LogP contribution in [-0.4, -0.2) is 13.4 Å². The molecule has 0 bridgehead atoms. The normalized spacial score (nSPS) is 11.0. The molecule has 0 aliphatic heterocycles. The summed E-state index contributed by atoms with van der Waals surface area (Å²) >= 11 is 5.83. The van der Waals surface area contributed by atoms with Crippen LogP contribution in [0.2, 0.25) is 5.02 Å². The van der Waals surface area contributed by atoms with Gasteiger partial charge >= 0.3 is 0 Å². The van der Waals surface area contributed by atoms with Crippen molar-refractivity contribution in [1.29, 1.82) is 5.26 Å². The van der Waals surface area contributed by atoms with Crippen LogP contribution < -0.4 is 4.72 Å². The molecule has 5 nitrogen and oxygen atoms in total. The summed E-state index contributed by atoms with van der Waals surface area (Å²) in [5.41, 5.74) is 0.839. The fraction of sp³-hybridized carbons (Fsp3) is 0.0769. The molecule has 0 saturated carbocycles. The van der Waals surface area contributed by atoms with E-state index in [2.05, 4.69) is 9.71 Å². The minimum Gasteiger partial charge on any atom is -0.260 e. The van der Waals surface area contributed by atoms with Gasteiger partial charge in [0.1, 0.15) is 6.07 Å². The maximum atomic E-state index is 12.1. The number of halogens is 1. The van der Waals surface area contributed by atoms with Gasteiger partial charge in [0.2, 0.25) is 10.0 Å². The topological polar surface area (TPSA) is 82.8 Å². The Kier molecular flexibility index (Phi) is 4.35. The third kappa shape index (κ3) is 3.33. The summed E-state index contributed by atoms with van der Waals surface area (Å²) in [5.74, 6) is 0. The van der Waals surface area contributed by atoms with Crippen LogP contribution >= 0.6 is 11.6 Å². The van der Waals surface area contributed by atoms with Gasteiger partial charge in [0, 0.05) is 6.20 Å². The number of rotatable bonds is 4. The number of nitrogens with one attached hydrogen (secondary N) is 1. The second-order valence-corrected chi connectivity index (χ2v) is 6.07. The smallest absolute Gasteiger partial charge is 0.240 e. The Morgan fingerprint density at radius 3 is 2.70 bits per heavy atom. The lowest BCUT2D eigenvalue weighted by Gasteiger charge is -2.07. The highest BCUT2D eigenvalue weighted by molar-refractivity contribution is 7.89. The molecule has 0 fully saturated rings. The van der Waals surface area contributed by atoms with Crippen molar-refractivity contribution in [3.8, 4) is 6.07 Å². The molecule has 0 saturated heterocycles. The van der Waals surface area contributed by atoms with Gasteiger partial charge in [-0.05, 0) is 30.3 Å². The third-order valence-corrected chi connectivity index (χ3v) is 4.25. The molecule has 2 aromatic rings. The molecule has 0 unspecified atom stereocenters. The fourth-order valence-electron chi connectivity index (χ4n) is 1.51. The first-order valence-corrected chi connectivity index (χ1v) is 7.48.